The van der Waals surface area contributed by atoms with Crippen molar-refractivity contribution in [3.05, 3.63) is 155 Å². The van der Waals surface area contributed by atoms with Crippen molar-refractivity contribution in [2.45, 2.75) is 52.5 Å². The Morgan fingerprint density at radius 2 is 1.34 bits per heavy atom. The molecule has 3 nitrogen and oxygen atoms in total. The molecule has 0 N–H and O–H groups in total. The van der Waals surface area contributed by atoms with Gasteiger partial charge < -0.3 is 8.83 Å². The summed E-state index contributed by atoms with van der Waals surface area (Å²) in [4.78, 5) is 5.98. The first-order valence-corrected chi connectivity index (χ1v) is 21.0. The maximum absolute atomic E-state index is 7.62. The lowest BCUT2D eigenvalue weighted by molar-refractivity contribution is 0.453. The fraction of sp³-hybridized carbons (Fsp3) is 0.196. The summed E-state index contributed by atoms with van der Waals surface area (Å²) in [6.07, 6.45) is 1.84. The molecular weight excluding hydrogens is 726 g/mol. The van der Waals surface area contributed by atoms with E-state index in [2.05, 4.69) is 155 Å². The van der Waals surface area contributed by atoms with Crippen molar-refractivity contribution in [2.24, 2.45) is 16.8 Å². The Morgan fingerprint density at radius 3 is 2.16 bits per heavy atom. The van der Waals surface area contributed by atoms with E-state index in [4.69, 9.17) is 25.4 Å². The lowest BCUT2D eigenvalue weighted by atomic mass is 9.79. The van der Waals surface area contributed by atoms with Crippen LogP contribution >= 0.6 is 22.9 Å². The molecule has 0 aliphatic carbocycles. The minimum Gasteiger partial charge on any atom is -0.456 e. The van der Waals surface area contributed by atoms with E-state index in [-0.39, 0.29) is 23.8 Å². The molecule has 0 saturated heterocycles. The van der Waals surface area contributed by atoms with E-state index >= 15 is 0 Å². The van der Waals surface area contributed by atoms with Crippen LogP contribution in [0.2, 0.25) is 5.02 Å². The standard InChI is InChI=1S/C51H42ClNO2S/c1-5-29(3)48(39-25-26-43-46(47(39)52)41-27-31-15-7-8-16-32(31)28-44(41)54-43)53-49(40-22-14-20-37-35-17-9-11-23-42(35)55-50(37)40)33(6-2)30(4)34-19-13-21-38-36-18-10-12-24-45(36)56-51(34)38/h7-30,33,48H,5-6H2,1-4H3. The van der Waals surface area contributed by atoms with E-state index in [9.17, 15) is 0 Å². The Kier molecular flexibility index (Phi) is 8.73. The summed E-state index contributed by atoms with van der Waals surface area (Å²) in [6, 6.07) is 47.3. The third-order valence-corrected chi connectivity index (χ3v) is 13.9. The summed E-state index contributed by atoms with van der Waals surface area (Å²) in [5, 5.41) is 9.86. The fourth-order valence-electron chi connectivity index (χ4n) is 9.07. The first-order valence-electron chi connectivity index (χ1n) is 19.8. The van der Waals surface area contributed by atoms with Crippen LogP contribution in [0.5, 0.6) is 0 Å². The zero-order chi connectivity index (χ0) is 38.1. The number of hydrogen-bond acceptors (Lipinski definition) is 4. The van der Waals surface area contributed by atoms with Gasteiger partial charge in [-0.2, -0.15) is 0 Å². The molecule has 4 atom stereocenters. The second-order valence-electron chi connectivity index (χ2n) is 15.4. The van der Waals surface area contributed by atoms with Crippen molar-refractivity contribution in [1.29, 1.82) is 0 Å². The number of para-hydroxylation sites is 2. The van der Waals surface area contributed by atoms with E-state index in [0.717, 1.165) is 84.3 Å². The normalized spacial score (nSPS) is 14.8. The minimum absolute atomic E-state index is 0.0832. The molecule has 0 fully saturated rings. The largest absolute Gasteiger partial charge is 0.456 e. The van der Waals surface area contributed by atoms with Crippen LogP contribution in [0, 0.1) is 11.8 Å². The summed E-state index contributed by atoms with van der Waals surface area (Å²) >= 11 is 9.51. The molecule has 0 aliphatic heterocycles. The highest BCUT2D eigenvalue weighted by atomic mass is 35.5. The second kappa shape index (κ2) is 14.0. The number of thiophene rings is 1. The molecule has 4 unspecified atom stereocenters. The van der Waals surface area contributed by atoms with Gasteiger partial charge in [-0.3, -0.25) is 4.99 Å². The van der Waals surface area contributed by atoms with Gasteiger partial charge >= 0.3 is 0 Å². The SMILES string of the molecule is CCC(C)C(N=C(c1cccc2c1oc1ccccc12)C(CC)C(C)c1cccc2c1sc1ccccc12)c1ccc2oc3cc4ccccc4cc3c2c1Cl. The van der Waals surface area contributed by atoms with Gasteiger partial charge in [0.1, 0.15) is 22.3 Å². The van der Waals surface area contributed by atoms with Gasteiger partial charge in [0.15, 0.2) is 0 Å². The summed E-state index contributed by atoms with van der Waals surface area (Å²) in [5.41, 5.74) is 7.89. The van der Waals surface area contributed by atoms with Crippen molar-refractivity contribution in [2.75, 3.05) is 0 Å². The molecular formula is C51H42ClNO2S. The van der Waals surface area contributed by atoms with Crippen LogP contribution in [0.25, 0.3) is 74.8 Å². The van der Waals surface area contributed by atoms with Gasteiger partial charge in [0.05, 0.1) is 16.8 Å². The Labute approximate surface area is 335 Å². The van der Waals surface area contributed by atoms with Crippen LogP contribution < -0.4 is 0 Å². The fourth-order valence-corrected chi connectivity index (χ4v) is 10.8. The molecule has 3 aromatic heterocycles. The number of halogens is 1. The second-order valence-corrected chi connectivity index (χ2v) is 16.8. The number of rotatable bonds is 9. The summed E-state index contributed by atoms with van der Waals surface area (Å²) in [7, 11) is 0. The van der Waals surface area contributed by atoms with E-state index in [1.54, 1.807) is 0 Å². The number of fused-ring (bicyclic) bond motifs is 10. The Hall–Kier alpha value is -5.42. The smallest absolute Gasteiger partial charge is 0.144 e. The molecule has 0 amide bonds. The predicted molar refractivity (Wildman–Crippen MR) is 240 cm³/mol. The highest BCUT2D eigenvalue weighted by molar-refractivity contribution is 7.26. The van der Waals surface area contributed by atoms with Gasteiger partial charge in [-0.15, -0.1) is 11.3 Å². The lowest BCUT2D eigenvalue weighted by Gasteiger charge is -2.29. The molecule has 0 spiro atoms. The predicted octanol–water partition coefficient (Wildman–Crippen LogP) is 16.1. The zero-order valence-electron chi connectivity index (χ0n) is 32.0. The van der Waals surface area contributed by atoms with Crippen LogP contribution in [0.3, 0.4) is 0 Å². The molecule has 7 aromatic carbocycles. The average molecular weight is 768 g/mol. The first kappa shape index (κ1) is 35.0. The summed E-state index contributed by atoms with van der Waals surface area (Å²) in [6.45, 7) is 9.25. The molecule has 3 heterocycles. The van der Waals surface area contributed by atoms with Gasteiger partial charge in [-0.05, 0) is 76.6 Å². The van der Waals surface area contributed by atoms with Crippen LogP contribution in [-0.2, 0) is 0 Å². The minimum atomic E-state index is -0.210. The third kappa shape index (κ3) is 5.56. The monoisotopic (exact) mass is 767 g/mol. The van der Waals surface area contributed by atoms with E-state index in [1.807, 2.05) is 17.4 Å². The maximum Gasteiger partial charge on any atom is 0.144 e. The molecule has 0 radical (unpaired) electrons. The van der Waals surface area contributed by atoms with Crippen LogP contribution in [0.4, 0.5) is 0 Å². The quantitative estimate of drug-likeness (QED) is 0.137. The van der Waals surface area contributed by atoms with Crippen LogP contribution in [-0.4, -0.2) is 5.71 Å². The molecule has 0 bridgehead atoms. The number of hydrogen-bond donors (Lipinski definition) is 0. The summed E-state index contributed by atoms with van der Waals surface area (Å²) < 4.78 is 15.9. The highest BCUT2D eigenvalue weighted by Gasteiger charge is 2.31. The molecule has 276 valence electrons. The first-order chi connectivity index (χ1) is 27.4. The molecule has 10 aromatic rings. The van der Waals surface area contributed by atoms with Crippen LogP contribution in [0.15, 0.2) is 147 Å². The number of aliphatic imine (C=N–C) groups is 1. The highest BCUT2D eigenvalue weighted by Crippen LogP contribution is 2.46. The molecule has 56 heavy (non-hydrogen) atoms. The van der Waals surface area contributed by atoms with Crippen molar-refractivity contribution in [3.63, 3.8) is 0 Å². The number of nitrogens with zero attached hydrogens (tertiary/aromatic N) is 1. The van der Waals surface area contributed by atoms with E-state index in [0.29, 0.717) is 5.02 Å². The summed E-state index contributed by atoms with van der Waals surface area (Å²) in [5.74, 6) is 0.448. The molecule has 5 heteroatoms. The van der Waals surface area contributed by atoms with E-state index in [1.165, 1.54) is 25.7 Å². The Morgan fingerprint density at radius 1 is 0.625 bits per heavy atom. The molecule has 0 saturated carbocycles. The van der Waals surface area contributed by atoms with Crippen molar-refractivity contribution < 1.29 is 8.83 Å². The Bertz CT molecular complexity index is 3150. The van der Waals surface area contributed by atoms with Gasteiger partial charge in [0.25, 0.3) is 0 Å². The van der Waals surface area contributed by atoms with Crippen molar-refractivity contribution in [3.8, 4) is 0 Å². The van der Waals surface area contributed by atoms with Crippen molar-refractivity contribution >= 4 is 103 Å². The van der Waals surface area contributed by atoms with Gasteiger partial charge in [0, 0.05) is 53.2 Å². The topological polar surface area (TPSA) is 38.6 Å². The third-order valence-electron chi connectivity index (χ3n) is 12.3. The van der Waals surface area contributed by atoms with Gasteiger partial charge in [-0.1, -0.05) is 143 Å². The molecule has 10 rings (SSSR count). The molecule has 0 aliphatic rings. The lowest BCUT2D eigenvalue weighted by Crippen LogP contribution is -2.24. The van der Waals surface area contributed by atoms with Gasteiger partial charge in [-0.25, -0.2) is 0 Å². The number of benzene rings is 7. The van der Waals surface area contributed by atoms with Gasteiger partial charge in [0.2, 0.25) is 0 Å². The Balaban J connectivity index is 1.21. The van der Waals surface area contributed by atoms with E-state index < -0.39 is 0 Å². The number of furan rings is 2. The maximum atomic E-state index is 7.62. The average Bonchev–Trinajstić information content (AvgIpc) is 3.93. The zero-order valence-corrected chi connectivity index (χ0v) is 33.5. The van der Waals surface area contributed by atoms with Crippen LogP contribution in [0.1, 0.15) is 69.2 Å². The van der Waals surface area contributed by atoms with Crippen molar-refractivity contribution in [1.82, 2.24) is 0 Å².